The van der Waals surface area contributed by atoms with E-state index in [2.05, 4.69) is 29.1 Å². The van der Waals surface area contributed by atoms with E-state index in [1.54, 1.807) is 12.7 Å². The van der Waals surface area contributed by atoms with E-state index in [4.69, 9.17) is 4.74 Å². The fourth-order valence-corrected chi connectivity index (χ4v) is 2.87. The van der Waals surface area contributed by atoms with Crippen molar-refractivity contribution in [3.8, 4) is 11.5 Å². The zero-order chi connectivity index (χ0) is 16.6. The number of unbranched alkanes of at least 4 members (excludes halogenated alkanes) is 1. The highest BCUT2D eigenvalue weighted by molar-refractivity contribution is 5.85. The Morgan fingerprint density at radius 1 is 1.04 bits per heavy atom. The van der Waals surface area contributed by atoms with Crippen LogP contribution in [0.15, 0.2) is 67.3 Å². The number of hydrogen-bond acceptors (Lipinski definition) is 3. The highest BCUT2D eigenvalue weighted by atomic mass is 35.5. The van der Waals surface area contributed by atoms with E-state index in [1.807, 2.05) is 47.1 Å². The van der Waals surface area contributed by atoms with Crippen molar-refractivity contribution >= 4 is 12.4 Å². The third-order valence-corrected chi connectivity index (χ3v) is 4.11. The molecule has 0 N–H and O–H groups in total. The van der Waals surface area contributed by atoms with Gasteiger partial charge in [0.05, 0.1) is 0 Å². The average molecular weight is 358 g/mol. The number of aromatic nitrogens is 3. The quantitative estimate of drug-likeness (QED) is 0.537. The van der Waals surface area contributed by atoms with Crippen molar-refractivity contribution in [3.63, 3.8) is 0 Å². The molecule has 25 heavy (non-hydrogen) atoms. The minimum atomic E-state index is 0. The third-order valence-electron chi connectivity index (χ3n) is 4.11. The summed E-state index contributed by atoms with van der Waals surface area (Å²) >= 11 is 0. The maximum absolute atomic E-state index is 6.14. The summed E-state index contributed by atoms with van der Waals surface area (Å²) in [5.74, 6) is 2.14. The second kappa shape index (κ2) is 9.84. The second-order valence-electron chi connectivity index (χ2n) is 5.91. The Labute approximate surface area is 155 Å². The van der Waals surface area contributed by atoms with Crippen molar-refractivity contribution < 1.29 is 4.74 Å². The van der Waals surface area contributed by atoms with Gasteiger partial charge >= 0.3 is 0 Å². The number of hydrogen-bond donors (Lipinski definition) is 0. The van der Waals surface area contributed by atoms with Crippen molar-refractivity contribution in [1.82, 2.24) is 14.8 Å². The van der Waals surface area contributed by atoms with Crippen LogP contribution in [0.2, 0.25) is 0 Å². The summed E-state index contributed by atoms with van der Waals surface area (Å²) in [5.41, 5.74) is 1.23. The molecule has 2 aromatic carbocycles. The van der Waals surface area contributed by atoms with E-state index in [0.717, 1.165) is 24.5 Å². The Balaban J connectivity index is 0.00000225. The molecule has 0 aliphatic rings. The van der Waals surface area contributed by atoms with Crippen molar-refractivity contribution in [2.24, 2.45) is 0 Å². The topological polar surface area (TPSA) is 39.9 Å². The fraction of sp³-hybridized carbons (Fsp3) is 0.300. The van der Waals surface area contributed by atoms with Crippen molar-refractivity contribution in [2.45, 2.75) is 38.6 Å². The zero-order valence-electron chi connectivity index (χ0n) is 14.4. The third kappa shape index (κ3) is 5.33. The van der Waals surface area contributed by atoms with Crippen LogP contribution in [0.4, 0.5) is 0 Å². The molecule has 5 heteroatoms. The molecule has 1 aromatic heterocycles. The fourth-order valence-electron chi connectivity index (χ4n) is 2.87. The molecule has 4 nitrogen and oxygen atoms in total. The first kappa shape index (κ1) is 19.0. The highest BCUT2D eigenvalue weighted by Crippen LogP contribution is 2.34. The molecule has 1 unspecified atom stereocenters. The van der Waals surface area contributed by atoms with E-state index in [9.17, 15) is 0 Å². The highest BCUT2D eigenvalue weighted by Gasteiger charge is 2.17. The van der Waals surface area contributed by atoms with E-state index in [0.29, 0.717) is 5.92 Å². The van der Waals surface area contributed by atoms with Gasteiger partial charge in [-0.15, -0.1) is 12.4 Å². The molecular weight excluding hydrogens is 334 g/mol. The lowest BCUT2D eigenvalue weighted by Crippen LogP contribution is -2.11. The van der Waals surface area contributed by atoms with Crippen molar-refractivity contribution in [2.75, 3.05) is 0 Å². The molecule has 3 aromatic rings. The molecule has 1 heterocycles. The van der Waals surface area contributed by atoms with Crippen LogP contribution in [0.25, 0.3) is 0 Å². The van der Waals surface area contributed by atoms with E-state index in [-0.39, 0.29) is 12.4 Å². The van der Waals surface area contributed by atoms with Gasteiger partial charge in [0, 0.05) is 12.5 Å². The largest absolute Gasteiger partial charge is 0.457 e. The van der Waals surface area contributed by atoms with Crippen LogP contribution in [0.1, 0.15) is 37.7 Å². The Morgan fingerprint density at radius 3 is 2.52 bits per heavy atom. The van der Waals surface area contributed by atoms with Gasteiger partial charge in [0.1, 0.15) is 24.2 Å². The first-order chi connectivity index (χ1) is 11.9. The number of benzene rings is 2. The average Bonchev–Trinajstić information content (AvgIpc) is 3.13. The maximum Gasteiger partial charge on any atom is 0.137 e. The van der Waals surface area contributed by atoms with Gasteiger partial charge in [-0.1, -0.05) is 56.2 Å². The molecule has 1 atom stereocenters. The smallest absolute Gasteiger partial charge is 0.137 e. The van der Waals surface area contributed by atoms with Crippen LogP contribution in [0, 0.1) is 0 Å². The van der Waals surface area contributed by atoms with Gasteiger partial charge in [-0.2, -0.15) is 5.10 Å². The van der Waals surface area contributed by atoms with Crippen LogP contribution >= 0.6 is 12.4 Å². The van der Waals surface area contributed by atoms with Gasteiger partial charge < -0.3 is 4.74 Å². The second-order valence-corrected chi connectivity index (χ2v) is 5.91. The Hall–Kier alpha value is -2.33. The summed E-state index contributed by atoms with van der Waals surface area (Å²) < 4.78 is 8.05. The molecular formula is C20H24ClN3O. The number of ether oxygens (including phenoxy) is 1. The molecule has 0 aliphatic carbocycles. The molecule has 0 spiro atoms. The lowest BCUT2D eigenvalue weighted by atomic mass is 9.92. The minimum Gasteiger partial charge on any atom is -0.457 e. The lowest BCUT2D eigenvalue weighted by molar-refractivity contribution is 0.436. The van der Waals surface area contributed by atoms with Crippen molar-refractivity contribution in [1.29, 1.82) is 0 Å². The normalized spacial score (nSPS) is 11.6. The Kier molecular flexibility index (Phi) is 7.48. The van der Waals surface area contributed by atoms with Crippen LogP contribution in [-0.2, 0) is 6.54 Å². The summed E-state index contributed by atoms with van der Waals surface area (Å²) in [4.78, 5) is 4.06. The van der Waals surface area contributed by atoms with Gasteiger partial charge in [-0.3, -0.25) is 4.68 Å². The Bertz CT molecular complexity index is 732. The standard InChI is InChI=1S/C20H23N3O.ClH/c1-2-3-9-17(14-23-16-21-15-22-23)19-12-7-8-13-20(19)24-18-10-5-4-6-11-18;/h4-8,10-13,15-17H,2-3,9,14H2,1H3;1H. The number of halogens is 1. The summed E-state index contributed by atoms with van der Waals surface area (Å²) in [6.07, 6.45) is 6.82. The number of para-hydroxylation sites is 2. The molecule has 0 aliphatic heterocycles. The zero-order valence-corrected chi connectivity index (χ0v) is 15.2. The molecule has 0 fully saturated rings. The molecule has 0 bridgehead atoms. The van der Waals surface area contributed by atoms with E-state index < -0.39 is 0 Å². The SMILES string of the molecule is CCCCC(Cn1cncn1)c1ccccc1Oc1ccccc1.Cl. The van der Waals surface area contributed by atoms with E-state index in [1.165, 1.54) is 18.4 Å². The molecule has 0 amide bonds. The molecule has 0 radical (unpaired) electrons. The van der Waals surface area contributed by atoms with Gasteiger partial charge in [-0.25, -0.2) is 4.98 Å². The predicted molar refractivity (Wildman–Crippen MR) is 102 cm³/mol. The van der Waals surface area contributed by atoms with Crippen LogP contribution in [-0.4, -0.2) is 14.8 Å². The number of rotatable bonds is 8. The molecule has 0 saturated heterocycles. The summed E-state index contributed by atoms with van der Waals surface area (Å²) in [6, 6.07) is 18.2. The van der Waals surface area contributed by atoms with Gasteiger partial charge in [0.25, 0.3) is 0 Å². The predicted octanol–water partition coefficient (Wildman–Crippen LogP) is 5.47. The Morgan fingerprint density at radius 2 is 1.80 bits per heavy atom. The van der Waals surface area contributed by atoms with Crippen LogP contribution < -0.4 is 4.74 Å². The van der Waals surface area contributed by atoms with Crippen LogP contribution in [0.3, 0.4) is 0 Å². The van der Waals surface area contributed by atoms with E-state index >= 15 is 0 Å². The van der Waals surface area contributed by atoms with Gasteiger partial charge in [0.2, 0.25) is 0 Å². The summed E-state index contributed by atoms with van der Waals surface area (Å²) in [6.45, 7) is 3.04. The summed E-state index contributed by atoms with van der Waals surface area (Å²) in [5, 5.41) is 4.27. The summed E-state index contributed by atoms with van der Waals surface area (Å²) in [7, 11) is 0. The molecule has 132 valence electrons. The molecule has 3 rings (SSSR count). The molecule has 0 saturated carbocycles. The van der Waals surface area contributed by atoms with Gasteiger partial charge in [0.15, 0.2) is 0 Å². The minimum absolute atomic E-state index is 0. The van der Waals surface area contributed by atoms with Gasteiger partial charge in [-0.05, 0) is 30.2 Å². The number of nitrogens with zero attached hydrogens (tertiary/aromatic N) is 3. The first-order valence-electron chi connectivity index (χ1n) is 8.51. The van der Waals surface area contributed by atoms with Crippen molar-refractivity contribution in [3.05, 3.63) is 72.8 Å². The lowest BCUT2D eigenvalue weighted by Gasteiger charge is -2.20. The van der Waals surface area contributed by atoms with Crippen LogP contribution in [0.5, 0.6) is 11.5 Å². The maximum atomic E-state index is 6.14. The monoisotopic (exact) mass is 357 g/mol. The first-order valence-corrected chi connectivity index (χ1v) is 8.51.